The van der Waals surface area contributed by atoms with Crippen LogP contribution in [-0.4, -0.2) is 42.2 Å². The third kappa shape index (κ3) is 4.62. The van der Waals surface area contributed by atoms with E-state index in [4.69, 9.17) is 27.9 Å². The predicted molar refractivity (Wildman–Crippen MR) is 126 cm³/mol. The van der Waals surface area contributed by atoms with Crippen LogP contribution in [0.1, 0.15) is 24.1 Å². The Hall–Kier alpha value is -1.72. The number of piperidine rings is 1. The number of nitrogens with zero attached hydrogens (tertiary/aromatic N) is 3. The maximum absolute atomic E-state index is 6.31. The van der Waals surface area contributed by atoms with Crippen molar-refractivity contribution in [2.24, 2.45) is 7.05 Å². The fourth-order valence-corrected chi connectivity index (χ4v) is 4.84. The molecule has 3 aromatic rings. The number of fused-ring (bicyclic) bond motifs is 1. The van der Waals surface area contributed by atoms with Crippen LogP contribution in [0.5, 0.6) is 5.75 Å². The number of ether oxygens (including phenoxy) is 1. The molecule has 6 heteroatoms. The molecule has 4 nitrogen and oxygen atoms in total. The van der Waals surface area contributed by atoms with Gasteiger partial charge in [0, 0.05) is 35.6 Å². The first-order valence-electron chi connectivity index (χ1n) is 10.5. The summed E-state index contributed by atoms with van der Waals surface area (Å²) in [4.78, 5) is 2.50. The van der Waals surface area contributed by atoms with Gasteiger partial charge >= 0.3 is 0 Å². The highest BCUT2D eigenvalue weighted by molar-refractivity contribution is 6.35. The molecule has 160 valence electrons. The Labute approximate surface area is 188 Å². The highest BCUT2D eigenvalue weighted by atomic mass is 35.5. The second-order valence-corrected chi connectivity index (χ2v) is 8.84. The van der Waals surface area contributed by atoms with E-state index in [0.717, 1.165) is 38.9 Å². The highest BCUT2D eigenvalue weighted by Gasteiger charge is 2.19. The Morgan fingerprint density at radius 1 is 1.13 bits per heavy atom. The zero-order valence-electron chi connectivity index (χ0n) is 17.6. The molecular formula is C24H28Cl2N3O-. The Bertz CT molecular complexity index is 1010. The summed E-state index contributed by atoms with van der Waals surface area (Å²) in [6.45, 7) is 3.47. The number of hydrogen-bond donors (Lipinski definition) is 0. The topological polar surface area (TPSA) is 31.5 Å². The monoisotopic (exact) mass is 444 g/mol. The van der Waals surface area contributed by atoms with Crippen LogP contribution in [0.3, 0.4) is 0 Å². The molecule has 0 radical (unpaired) electrons. The van der Waals surface area contributed by atoms with E-state index in [1.54, 1.807) is 12.1 Å². The van der Waals surface area contributed by atoms with Crippen molar-refractivity contribution < 1.29 is 4.74 Å². The van der Waals surface area contributed by atoms with Crippen molar-refractivity contribution in [2.75, 3.05) is 26.7 Å². The SMILES string of the molecule is CN(CCc1c(COc2ccc(Cl)cc2Cl)n(C)c2ccccc12)C1CC[N-]CC1. The fraction of sp³-hybridized carbons (Fsp3) is 0.417. The number of likely N-dealkylation sites (N-methyl/N-ethyl adjacent to an activating group) is 1. The van der Waals surface area contributed by atoms with Crippen LogP contribution in [0.15, 0.2) is 42.5 Å². The first-order chi connectivity index (χ1) is 14.5. The van der Waals surface area contributed by atoms with E-state index < -0.39 is 0 Å². The molecule has 0 atom stereocenters. The first kappa shape index (κ1) is 21.5. The van der Waals surface area contributed by atoms with Gasteiger partial charge in [-0.2, -0.15) is 0 Å². The standard InChI is InChI=1S/C24H28Cl2N3O/c1-28(18-9-12-27-13-10-18)14-11-20-19-5-3-4-6-22(19)29(2)23(20)16-30-24-8-7-17(25)15-21(24)26/h3-8,15,18H,9-14,16H2,1-2H3/q-1. The number of para-hydroxylation sites is 1. The van der Waals surface area contributed by atoms with E-state index in [0.29, 0.717) is 28.4 Å². The number of aromatic nitrogens is 1. The maximum Gasteiger partial charge on any atom is 0.138 e. The minimum Gasteiger partial charge on any atom is -0.662 e. The second-order valence-electron chi connectivity index (χ2n) is 8.00. The lowest BCUT2D eigenvalue weighted by Gasteiger charge is -2.37. The van der Waals surface area contributed by atoms with Gasteiger partial charge < -0.3 is 19.5 Å². The normalized spacial score (nSPS) is 15.2. The number of aryl methyl sites for hydroxylation is 1. The van der Waals surface area contributed by atoms with Gasteiger partial charge in [-0.25, -0.2) is 0 Å². The quantitative estimate of drug-likeness (QED) is 0.442. The van der Waals surface area contributed by atoms with Crippen LogP contribution in [-0.2, 0) is 20.1 Å². The molecule has 0 spiro atoms. The molecule has 1 aliphatic rings. The zero-order valence-corrected chi connectivity index (χ0v) is 19.1. The second kappa shape index (κ2) is 9.61. The number of hydrogen-bond acceptors (Lipinski definition) is 2. The van der Waals surface area contributed by atoms with Crippen molar-refractivity contribution in [3.8, 4) is 5.75 Å². The summed E-state index contributed by atoms with van der Waals surface area (Å²) < 4.78 is 8.36. The van der Waals surface area contributed by atoms with E-state index in [-0.39, 0.29) is 0 Å². The average molecular weight is 445 g/mol. The summed E-state index contributed by atoms with van der Waals surface area (Å²) in [6.07, 6.45) is 3.31. The molecule has 4 rings (SSSR count). The van der Waals surface area contributed by atoms with Crippen LogP contribution in [0.2, 0.25) is 10.0 Å². The van der Waals surface area contributed by atoms with Crippen molar-refractivity contribution in [3.63, 3.8) is 0 Å². The summed E-state index contributed by atoms with van der Waals surface area (Å²) in [5.41, 5.74) is 3.77. The zero-order chi connectivity index (χ0) is 21.1. The summed E-state index contributed by atoms with van der Waals surface area (Å²) in [7, 11) is 4.35. The minimum absolute atomic E-state index is 0.466. The summed E-state index contributed by atoms with van der Waals surface area (Å²) in [6, 6.07) is 14.6. The van der Waals surface area contributed by atoms with Gasteiger partial charge in [-0.15, -0.1) is 13.1 Å². The summed E-state index contributed by atoms with van der Waals surface area (Å²) in [5.74, 6) is 0.653. The van der Waals surface area contributed by atoms with E-state index in [1.807, 2.05) is 6.07 Å². The summed E-state index contributed by atoms with van der Waals surface area (Å²) in [5, 5.41) is 6.93. The van der Waals surface area contributed by atoms with Crippen molar-refractivity contribution >= 4 is 34.1 Å². The Balaban J connectivity index is 1.56. The van der Waals surface area contributed by atoms with Gasteiger partial charge in [0.15, 0.2) is 0 Å². The molecule has 30 heavy (non-hydrogen) atoms. The Morgan fingerprint density at radius 3 is 2.67 bits per heavy atom. The molecule has 2 heterocycles. The number of benzene rings is 2. The molecule has 1 fully saturated rings. The lowest BCUT2D eigenvalue weighted by molar-refractivity contribution is 0.220. The molecule has 0 N–H and O–H groups in total. The number of rotatable bonds is 7. The molecule has 1 saturated heterocycles. The van der Waals surface area contributed by atoms with Crippen LogP contribution >= 0.6 is 23.2 Å². The molecule has 0 amide bonds. The minimum atomic E-state index is 0.466. The van der Waals surface area contributed by atoms with Crippen molar-refractivity contribution in [3.05, 3.63) is 69.1 Å². The molecule has 0 aliphatic carbocycles. The van der Waals surface area contributed by atoms with Crippen LogP contribution in [0.4, 0.5) is 0 Å². The van der Waals surface area contributed by atoms with Crippen LogP contribution < -0.4 is 4.74 Å². The van der Waals surface area contributed by atoms with Crippen molar-refractivity contribution in [1.29, 1.82) is 0 Å². The van der Waals surface area contributed by atoms with Crippen molar-refractivity contribution in [1.82, 2.24) is 9.47 Å². The third-order valence-corrected chi connectivity index (χ3v) is 6.71. The van der Waals surface area contributed by atoms with Gasteiger partial charge in [-0.3, -0.25) is 0 Å². The van der Waals surface area contributed by atoms with Crippen molar-refractivity contribution in [2.45, 2.75) is 31.9 Å². The average Bonchev–Trinajstić information content (AvgIpc) is 3.03. The third-order valence-electron chi connectivity index (χ3n) is 6.18. The molecule has 0 bridgehead atoms. The lowest BCUT2D eigenvalue weighted by atomic mass is 10.0. The largest absolute Gasteiger partial charge is 0.662 e. The van der Waals surface area contributed by atoms with Gasteiger partial charge in [0.05, 0.1) is 10.7 Å². The van der Waals surface area contributed by atoms with Gasteiger partial charge in [-0.1, -0.05) is 54.2 Å². The smallest absolute Gasteiger partial charge is 0.138 e. The van der Waals surface area contributed by atoms with E-state index in [9.17, 15) is 0 Å². The molecule has 1 aromatic heterocycles. The van der Waals surface area contributed by atoms with Gasteiger partial charge in [-0.05, 0) is 43.3 Å². The number of halogens is 2. The first-order valence-corrected chi connectivity index (χ1v) is 11.3. The maximum atomic E-state index is 6.31. The molecule has 2 aromatic carbocycles. The highest BCUT2D eigenvalue weighted by Crippen LogP contribution is 2.31. The van der Waals surface area contributed by atoms with Crippen LogP contribution in [0, 0.1) is 0 Å². The van der Waals surface area contributed by atoms with Gasteiger partial charge in [0.2, 0.25) is 0 Å². The lowest BCUT2D eigenvalue weighted by Crippen LogP contribution is -2.36. The van der Waals surface area contributed by atoms with Crippen LogP contribution in [0.25, 0.3) is 16.2 Å². The molecular weight excluding hydrogens is 417 g/mol. The van der Waals surface area contributed by atoms with Gasteiger partial charge in [0.25, 0.3) is 0 Å². The fourth-order valence-electron chi connectivity index (χ4n) is 4.37. The Kier molecular flexibility index (Phi) is 6.89. The molecule has 0 saturated carbocycles. The van der Waals surface area contributed by atoms with E-state index in [1.165, 1.54) is 22.2 Å². The Morgan fingerprint density at radius 2 is 1.90 bits per heavy atom. The van der Waals surface area contributed by atoms with Gasteiger partial charge in [0.1, 0.15) is 12.4 Å². The van der Waals surface area contributed by atoms with E-state index in [2.05, 4.69) is 53.1 Å². The van der Waals surface area contributed by atoms with E-state index >= 15 is 0 Å². The summed E-state index contributed by atoms with van der Waals surface area (Å²) >= 11 is 12.3. The molecule has 1 aliphatic heterocycles. The molecule has 0 unspecified atom stereocenters. The predicted octanol–water partition coefficient (Wildman–Crippen LogP) is 6.07.